The molecule has 1 amide bonds. The van der Waals surface area contributed by atoms with Crippen LogP contribution in [0.5, 0.6) is 5.75 Å². The van der Waals surface area contributed by atoms with Crippen LogP contribution in [0.4, 0.5) is 23.7 Å². The summed E-state index contributed by atoms with van der Waals surface area (Å²) in [5.74, 6) is -0.541. The van der Waals surface area contributed by atoms with Gasteiger partial charge in [-0.2, -0.15) is 0 Å². The van der Waals surface area contributed by atoms with Gasteiger partial charge in [0.2, 0.25) is 5.43 Å². The molecule has 2 rings (SSSR count). The summed E-state index contributed by atoms with van der Waals surface area (Å²) in [4.78, 5) is 26.6. The number of ether oxygens (including phenoxy) is 2. The SMILES string of the molecule is CC(C)(C)OC(=O)Nc1c[nH]c2c(OC(F)(F)F)cccc2c1=O. The molecule has 1 heterocycles. The fraction of sp³-hybridized carbons (Fsp3) is 0.333. The summed E-state index contributed by atoms with van der Waals surface area (Å²) in [5, 5.41) is 2.19. The Morgan fingerprint density at radius 2 is 1.88 bits per heavy atom. The third kappa shape index (κ3) is 4.40. The molecule has 9 heteroatoms. The number of para-hydroxylation sites is 1. The molecule has 0 spiro atoms. The first-order chi connectivity index (χ1) is 11.0. The summed E-state index contributed by atoms with van der Waals surface area (Å²) in [5.41, 5.74) is -1.71. The number of aromatic nitrogens is 1. The highest BCUT2D eigenvalue weighted by molar-refractivity contribution is 5.91. The number of benzene rings is 1. The Morgan fingerprint density at radius 1 is 1.21 bits per heavy atom. The Labute approximate surface area is 134 Å². The molecule has 0 aliphatic heterocycles. The van der Waals surface area contributed by atoms with E-state index in [9.17, 15) is 22.8 Å². The number of nitrogens with one attached hydrogen (secondary N) is 2. The third-order valence-corrected chi connectivity index (χ3v) is 2.74. The number of aromatic amines is 1. The molecular formula is C15H15F3N2O4. The normalized spacial score (nSPS) is 12.1. The van der Waals surface area contributed by atoms with Gasteiger partial charge in [-0.05, 0) is 32.9 Å². The molecule has 0 aliphatic carbocycles. The number of hydrogen-bond donors (Lipinski definition) is 2. The van der Waals surface area contributed by atoms with Gasteiger partial charge in [0.25, 0.3) is 0 Å². The van der Waals surface area contributed by atoms with E-state index in [1.807, 2.05) is 0 Å². The van der Waals surface area contributed by atoms with Gasteiger partial charge >= 0.3 is 12.5 Å². The third-order valence-electron chi connectivity index (χ3n) is 2.74. The Bertz CT molecular complexity index is 822. The molecule has 1 aromatic carbocycles. The van der Waals surface area contributed by atoms with Crippen molar-refractivity contribution in [3.63, 3.8) is 0 Å². The molecule has 0 fully saturated rings. The van der Waals surface area contributed by atoms with Crippen LogP contribution in [0.25, 0.3) is 10.9 Å². The van der Waals surface area contributed by atoms with Crippen LogP contribution in [0.2, 0.25) is 0 Å². The van der Waals surface area contributed by atoms with Crippen molar-refractivity contribution < 1.29 is 27.4 Å². The van der Waals surface area contributed by atoms with Crippen molar-refractivity contribution in [2.75, 3.05) is 5.32 Å². The number of pyridine rings is 1. The lowest BCUT2D eigenvalue weighted by Gasteiger charge is -2.19. The van der Waals surface area contributed by atoms with E-state index in [-0.39, 0.29) is 16.6 Å². The minimum absolute atomic E-state index is 0.0645. The lowest BCUT2D eigenvalue weighted by molar-refractivity contribution is -0.274. The van der Waals surface area contributed by atoms with E-state index in [1.165, 1.54) is 12.1 Å². The largest absolute Gasteiger partial charge is 0.573 e. The number of anilines is 1. The van der Waals surface area contributed by atoms with Crippen LogP contribution in [0.1, 0.15) is 20.8 Å². The minimum atomic E-state index is -4.89. The molecule has 0 unspecified atom stereocenters. The number of fused-ring (bicyclic) bond motifs is 1. The maximum atomic E-state index is 12.4. The first kappa shape index (κ1) is 17.6. The summed E-state index contributed by atoms with van der Waals surface area (Å²) >= 11 is 0. The van der Waals surface area contributed by atoms with E-state index in [4.69, 9.17) is 4.74 Å². The van der Waals surface area contributed by atoms with Gasteiger partial charge in [-0.1, -0.05) is 6.07 Å². The summed E-state index contributed by atoms with van der Waals surface area (Å²) in [7, 11) is 0. The molecule has 0 saturated carbocycles. The lowest BCUT2D eigenvalue weighted by Crippen LogP contribution is -2.29. The van der Waals surface area contributed by atoms with Crippen molar-refractivity contribution in [1.29, 1.82) is 0 Å². The summed E-state index contributed by atoms with van der Waals surface area (Å²) in [6.45, 7) is 4.95. The van der Waals surface area contributed by atoms with Gasteiger partial charge in [0.05, 0.1) is 10.9 Å². The van der Waals surface area contributed by atoms with Gasteiger partial charge in [-0.15, -0.1) is 13.2 Å². The predicted octanol–water partition coefficient (Wildman–Crippen LogP) is 3.77. The van der Waals surface area contributed by atoms with Crippen LogP contribution in [-0.2, 0) is 4.74 Å². The summed E-state index contributed by atoms with van der Waals surface area (Å²) < 4.78 is 46.1. The predicted molar refractivity (Wildman–Crippen MR) is 81.1 cm³/mol. The number of carbonyl (C=O) groups excluding carboxylic acids is 1. The molecule has 2 aromatic rings. The molecule has 0 atom stereocenters. The van der Waals surface area contributed by atoms with Crippen molar-refractivity contribution in [3.05, 3.63) is 34.6 Å². The molecule has 0 radical (unpaired) electrons. The zero-order valence-corrected chi connectivity index (χ0v) is 13.1. The first-order valence-corrected chi connectivity index (χ1v) is 6.86. The highest BCUT2D eigenvalue weighted by Crippen LogP contribution is 2.28. The second-order valence-corrected chi connectivity index (χ2v) is 5.88. The quantitative estimate of drug-likeness (QED) is 0.869. The Morgan fingerprint density at radius 3 is 2.46 bits per heavy atom. The number of alkyl halides is 3. The number of rotatable bonds is 2. The second kappa shape index (κ2) is 6.06. The fourth-order valence-corrected chi connectivity index (χ4v) is 1.94. The Kier molecular flexibility index (Phi) is 4.46. The smallest absolute Gasteiger partial charge is 0.444 e. The summed E-state index contributed by atoms with van der Waals surface area (Å²) in [6.07, 6.45) is -4.66. The van der Waals surface area contributed by atoms with E-state index in [0.717, 1.165) is 12.3 Å². The molecule has 0 aliphatic rings. The average molecular weight is 344 g/mol. The maximum absolute atomic E-state index is 12.4. The lowest BCUT2D eigenvalue weighted by atomic mass is 10.2. The fourth-order valence-electron chi connectivity index (χ4n) is 1.94. The average Bonchev–Trinajstić information content (AvgIpc) is 2.39. The van der Waals surface area contributed by atoms with E-state index >= 15 is 0 Å². The van der Waals surface area contributed by atoms with E-state index in [1.54, 1.807) is 20.8 Å². The van der Waals surface area contributed by atoms with Gasteiger partial charge in [0, 0.05) is 6.20 Å². The van der Waals surface area contributed by atoms with Gasteiger partial charge in [0.15, 0.2) is 5.75 Å². The zero-order valence-electron chi connectivity index (χ0n) is 13.1. The van der Waals surface area contributed by atoms with Gasteiger partial charge in [0.1, 0.15) is 11.3 Å². The number of amides is 1. The molecule has 24 heavy (non-hydrogen) atoms. The summed E-state index contributed by atoms with van der Waals surface area (Å²) in [6, 6.07) is 3.64. The first-order valence-electron chi connectivity index (χ1n) is 6.86. The van der Waals surface area contributed by atoms with Gasteiger partial charge in [-0.25, -0.2) is 4.79 Å². The molecule has 1 aromatic heterocycles. The molecule has 0 bridgehead atoms. The zero-order chi connectivity index (χ0) is 18.1. The number of carbonyl (C=O) groups is 1. The topological polar surface area (TPSA) is 80.4 Å². The van der Waals surface area contributed by atoms with E-state index < -0.39 is 29.2 Å². The van der Waals surface area contributed by atoms with Crippen molar-refractivity contribution >= 4 is 22.7 Å². The van der Waals surface area contributed by atoms with E-state index in [0.29, 0.717) is 0 Å². The Hall–Kier alpha value is -2.71. The van der Waals surface area contributed by atoms with Crippen LogP contribution in [-0.4, -0.2) is 23.0 Å². The number of halogens is 3. The number of hydrogen-bond acceptors (Lipinski definition) is 4. The standard InChI is InChI=1S/C15H15F3N2O4/c1-14(2,3)24-13(22)20-9-7-19-11-8(12(9)21)5-4-6-10(11)23-15(16,17)18/h4-7H,1-3H3,(H,19,21)(H,20,22). The Balaban J connectivity index is 2.38. The second-order valence-electron chi connectivity index (χ2n) is 5.88. The highest BCUT2D eigenvalue weighted by Gasteiger charge is 2.32. The van der Waals surface area contributed by atoms with Crippen molar-refractivity contribution in [3.8, 4) is 5.75 Å². The molecular weight excluding hydrogens is 329 g/mol. The van der Waals surface area contributed by atoms with Crippen LogP contribution in [0, 0.1) is 0 Å². The molecule has 130 valence electrons. The van der Waals surface area contributed by atoms with Gasteiger partial charge < -0.3 is 14.5 Å². The molecule has 2 N–H and O–H groups in total. The molecule has 6 nitrogen and oxygen atoms in total. The van der Waals surface area contributed by atoms with Crippen LogP contribution in [0.15, 0.2) is 29.2 Å². The van der Waals surface area contributed by atoms with Gasteiger partial charge in [-0.3, -0.25) is 10.1 Å². The minimum Gasteiger partial charge on any atom is -0.444 e. The van der Waals surface area contributed by atoms with Crippen molar-refractivity contribution in [1.82, 2.24) is 4.98 Å². The number of H-pyrrole nitrogens is 1. The van der Waals surface area contributed by atoms with Crippen LogP contribution < -0.4 is 15.5 Å². The van der Waals surface area contributed by atoms with Crippen LogP contribution >= 0.6 is 0 Å². The maximum Gasteiger partial charge on any atom is 0.573 e. The van der Waals surface area contributed by atoms with E-state index in [2.05, 4.69) is 15.0 Å². The van der Waals surface area contributed by atoms with Crippen molar-refractivity contribution in [2.45, 2.75) is 32.7 Å². The highest BCUT2D eigenvalue weighted by atomic mass is 19.4. The molecule has 0 saturated heterocycles. The van der Waals surface area contributed by atoms with Crippen LogP contribution in [0.3, 0.4) is 0 Å². The van der Waals surface area contributed by atoms with Crippen molar-refractivity contribution in [2.24, 2.45) is 0 Å². The monoisotopic (exact) mass is 344 g/mol.